The molecule has 2 saturated heterocycles. The van der Waals surface area contributed by atoms with Gasteiger partial charge in [-0.15, -0.1) is 0 Å². The standard InChI is InChI=1S/C15H24N4/c1-3-18(2)15-5-4-12(6-17-15)9-19-10-13-7-16-8-14(13)11-19/h4-6,13-14,16H,3,7-11H2,1-2H3/t13-,14+. The molecule has 0 amide bonds. The fourth-order valence-corrected chi connectivity index (χ4v) is 3.24. The van der Waals surface area contributed by atoms with Crippen LogP contribution in [0.1, 0.15) is 12.5 Å². The summed E-state index contributed by atoms with van der Waals surface area (Å²) in [6.45, 7) is 9.10. The highest BCUT2D eigenvalue weighted by Gasteiger charge is 2.35. The second-order valence-corrected chi connectivity index (χ2v) is 5.91. The van der Waals surface area contributed by atoms with Crippen molar-refractivity contribution >= 4 is 5.82 Å². The lowest BCUT2D eigenvalue weighted by molar-refractivity contribution is 0.305. The topological polar surface area (TPSA) is 31.4 Å². The molecule has 1 N–H and O–H groups in total. The normalized spacial score (nSPS) is 26.6. The molecule has 0 unspecified atom stereocenters. The molecule has 19 heavy (non-hydrogen) atoms. The number of rotatable bonds is 4. The zero-order valence-electron chi connectivity index (χ0n) is 12.0. The maximum absolute atomic E-state index is 4.55. The van der Waals surface area contributed by atoms with Gasteiger partial charge in [-0.05, 0) is 43.5 Å². The van der Waals surface area contributed by atoms with Crippen molar-refractivity contribution in [1.29, 1.82) is 0 Å². The summed E-state index contributed by atoms with van der Waals surface area (Å²) >= 11 is 0. The third-order valence-corrected chi connectivity index (χ3v) is 4.55. The van der Waals surface area contributed by atoms with Crippen molar-refractivity contribution < 1.29 is 0 Å². The van der Waals surface area contributed by atoms with Crippen molar-refractivity contribution in [2.75, 3.05) is 44.7 Å². The minimum absolute atomic E-state index is 0.874. The van der Waals surface area contributed by atoms with Gasteiger partial charge in [0, 0.05) is 39.4 Å². The van der Waals surface area contributed by atoms with E-state index in [0.717, 1.165) is 30.7 Å². The van der Waals surface area contributed by atoms with Crippen LogP contribution in [-0.2, 0) is 6.54 Å². The van der Waals surface area contributed by atoms with Gasteiger partial charge in [-0.1, -0.05) is 6.07 Å². The molecule has 2 aliphatic rings. The molecule has 0 aliphatic carbocycles. The number of fused-ring (bicyclic) bond motifs is 1. The summed E-state index contributed by atoms with van der Waals surface area (Å²) in [7, 11) is 2.08. The molecule has 4 heteroatoms. The van der Waals surface area contributed by atoms with Crippen LogP contribution in [0.5, 0.6) is 0 Å². The average Bonchev–Trinajstić information content (AvgIpc) is 2.99. The summed E-state index contributed by atoms with van der Waals surface area (Å²) in [5.74, 6) is 2.81. The van der Waals surface area contributed by atoms with E-state index in [1.807, 2.05) is 6.20 Å². The van der Waals surface area contributed by atoms with Crippen LogP contribution < -0.4 is 10.2 Å². The Labute approximate surface area is 115 Å². The van der Waals surface area contributed by atoms with Gasteiger partial charge in [0.2, 0.25) is 0 Å². The van der Waals surface area contributed by atoms with Crippen LogP contribution in [0.25, 0.3) is 0 Å². The number of aromatic nitrogens is 1. The largest absolute Gasteiger partial charge is 0.360 e. The quantitative estimate of drug-likeness (QED) is 0.881. The highest BCUT2D eigenvalue weighted by Crippen LogP contribution is 2.27. The monoisotopic (exact) mass is 260 g/mol. The second-order valence-electron chi connectivity index (χ2n) is 5.91. The third kappa shape index (κ3) is 2.74. The molecule has 1 aromatic rings. The molecule has 2 aliphatic heterocycles. The summed E-state index contributed by atoms with van der Waals surface area (Å²) in [5, 5.41) is 3.49. The number of pyridine rings is 1. The van der Waals surface area contributed by atoms with Gasteiger partial charge in [0.25, 0.3) is 0 Å². The van der Waals surface area contributed by atoms with E-state index in [9.17, 15) is 0 Å². The Kier molecular flexibility index (Phi) is 3.71. The van der Waals surface area contributed by atoms with Gasteiger partial charge in [-0.25, -0.2) is 4.98 Å². The maximum Gasteiger partial charge on any atom is 0.128 e. The van der Waals surface area contributed by atoms with Crippen LogP contribution in [0.3, 0.4) is 0 Å². The molecule has 2 atom stereocenters. The van der Waals surface area contributed by atoms with E-state index in [0.29, 0.717) is 0 Å². The van der Waals surface area contributed by atoms with Gasteiger partial charge in [0.05, 0.1) is 0 Å². The highest BCUT2D eigenvalue weighted by molar-refractivity contribution is 5.37. The minimum atomic E-state index is 0.874. The SMILES string of the molecule is CCN(C)c1ccc(CN2C[C@H]3CNC[C@H]3C2)cn1. The van der Waals surface area contributed by atoms with E-state index in [4.69, 9.17) is 0 Å². The Hall–Kier alpha value is -1.13. The molecular formula is C15H24N4. The Balaban J connectivity index is 1.58. The van der Waals surface area contributed by atoms with E-state index in [1.54, 1.807) is 0 Å². The Morgan fingerprint density at radius 3 is 2.63 bits per heavy atom. The van der Waals surface area contributed by atoms with Gasteiger partial charge in [0.1, 0.15) is 5.82 Å². The zero-order chi connectivity index (χ0) is 13.2. The smallest absolute Gasteiger partial charge is 0.128 e. The molecule has 104 valence electrons. The van der Waals surface area contributed by atoms with E-state index in [-0.39, 0.29) is 0 Å². The summed E-state index contributed by atoms with van der Waals surface area (Å²) in [4.78, 5) is 9.29. The van der Waals surface area contributed by atoms with Gasteiger partial charge in [0.15, 0.2) is 0 Å². The Morgan fingerprint density at radius 1 is 1.32 bits per heavy atom. The predicted molar refractivity (Wildman–Crippen MR) is 78.3 cm³/mol. The predicted octanol–water partition coefficient (Wildman–Crippen LogP) is 1.19. The molecule has 3 rings (SSSR count). The Morgan fingerprint density at radius 2 is 2.05 bits per heavy atom. The minimum Gasteiger partial charge on any atom is -0.360 e. The molecule has 0 spiro atoms. The number of nitrogens with zero attached hydrogens (tertiary/aromatic N) is 3. The first-order valence-electron chi connectivity index (χ1n) is 7.35. The first kappa shape index (κ1) is 12.9. The lowest BCUT2D eigenvalue weighted by Gasteiger charge is -2.18. The lowest BCUT2D eigenvalue weighted by Crippen LogP contribution is -2.25. The number of hydrogen-bond donors (Lipinski definition) is 1. The summed E-state index contributed by atoms with van der Waals surface area (Å²) in [6.07, 6.45) is 2.04. The average molecular weight is 260 g/mol. The van der Waals surface area contributed by atoms with E-state index < -0.39 is 0 Å². The van der Waals surface area contributed by atoms with Crippen molar-refractivity contribution in [3.63, 3.8) is 0 Å². The van der Waals surface area contributed by atoms with Crippen LogP contribution in [0.4, 0.5) is 5.82 Å². The second kappa shape index (κ2) is 5.47. The van der Waals surface area contributed by atoms with Gasteiger partial charge in [-0.2, -0.15) is 0 Å². The zero-order valence-corrected chi connectivity index (χ0v) is 12.0. The molecular weight excluding hydrogens is 236 g/mol. The fraction of sp³-hybridized carbons (Fsp3) is 0.667. The number of nitrogens with one attached hydrogen (secondary N) is 1. The van der Waals surface area contributed by atoms with Crippen molar-refractivity contribution in [2.24, 2.45) is 11.8 Å². The molecule has 0 radical (unpaired) electrons. The van der Waals surface area contributed by atoms with E-state index >= 15 is 0 Å². The number of hydrogen-bond acceptors (Lipinski definition) is 4. The van der Waals surface area contributed by atoms with Gasteiger partial charge >= 0.3 is 0 Å². The van der Waals surface area contributed by atoms with Crippen LogP contribution in [0.2, 0.25) is 0 Å². The summed E-state index contributed by atoms with van der Waals surface area (Å²) in [6, 6.07) is 4.36. The maximum atomic E-state index is 4.55. The lowest BCUT2D eigenvalue weighted by atomic mass is 10.0. The van der Waals surface area contributed by atoms with E-state index in [2.05, 4.69) is 46.2 Å². The van der Waals surface area contributed by atoms with Crippen molar-refractivity contribution in [3.8, 4) is 0 Å². The van der Waals surface area contributed by atoms with Crippen LogP contribution in [0.15, 0.2) is 18.3 Å². The van der Waals surface area contributed by atoms with Gasteiger partial charge in [-0.3, -0.25) is 4.90 Å². The molecule has 0 aromatic carbocycles. The van der Waals surface area contributed by atoms with Crippen molar-refractivity contribution in [1.82, 2.24) is 15.2 Å². The van der Waals surface area contributed by atoms with Crippen LogP contribution >= 0.6 is 0 Å². The van der Waals surface area contributed by atoms with Crippen LogP contribution in [-0.4, -0.2) is 49.7 Å². The first-order chi connectivity index (χ1) is 9.26. The summed E-state index contributed by atoms with van der Waals surface area (Å²) < 4.78 is 0. The Bertz CT molecular complexity index is 405. The first-order valence-corrected chi connectivity index (χ1v) is 7.35. The van der Waals surface area contributed by atoms with Gasteiger partial charge < -0.3 is 10.2 Å². The van der Waals surface area contributed by atoms with Crippen molar-refractivity contribution in [2.45, 2.75) is 13.5 Å². The summed E-state index contributed by atoms with van der Waals surface area (Å²) in [5.41, 5.74) is 1.33. The molecule has 0 saturated carbocycles. The number of likely N-dealkylation sites (tertiary alicyclic amines) is 1. The highest BCUT2D eigenvalue weighted by atomic mass is 15.2. The third-order valence-electron chi connectivity index (χ3n) is 4.55. The molecule has 3 heterocycles. The number of anilines is 1. The van der Waals surface area contributed by atoms with Crippen molar-refractivity contribution in [3.05, 3.63) is 23.9 Å². The molecule has 0 bridgehead atoms. The fourth-order valence-electron chi connectivity index (χ4n) is 3.24. The van der Waals surface area contributed by atoms with E-state index in [1.165, 1.54) is 31.7 Å². The molecule has 1 aromatic heterocycles. The van der Waals surface area contributed by atoms with Crippen LogP contribution in [0, 0.1) is 11.8 Å². The molecule has 2 fully saturated rings. The molecule has 4 nitrogen and oxygen atoms in total.